The molecule has 1 heterocycles. The molecule has 1 aliphatic carbocycles. The molecule has 1 aromatic heterocycles. The molecule has 2 rings (SSSR count). The lowest BCUT2D eigenvalue weighted by Crippen LogP contribution is -2.31. The van der Waals surface area contributed by atoms with E-state index in [0.717, 1.165) is 12.8 Å². The van der Waals surface area contributed by atoms with Crippen molar-refractivity contribution in [3.05, 3.63) is 24.0 Å². The van der Waals surface area contributed by atoms with Crippen LogP contribution in [0.5, 0.6) is 0 Å². The van der Waals surface area contributed by atoms with E-state index < -0.39 is 5.97 Å². The molecule has 1 amide bonds. The van der Waals surface area contributed by atoms with E-state index in [-0.39, 0.29) is 12.5 Å². The van der Waals surface area contributed by atoms with Crippen molar-refractivity contribution in [1.29, 1.82) is 0 Å². The van der Waals surface area contributed by atoms with E-state index in [1.165, 1.54) is 4.57 Å². The standard InChI is InChI=1S/C11H14N2O3/c1-12(8-4-5-8)11(16)9-3-2-6-13(9)7-10(14)15/h2-3,6,8H,4-5,7H2,1H3,(H,14,15). The van der Waals surface area contributed by atoms with Gasteiger partial charge < -0.3 is 14.6 Å². The Morgan fingerprint density at radius 1 is 1.56 bits per heavy atom. The number of carboxylic acid groups (broad SMARTS) is 1. The summed E-state index contributed by atoms with van der Waals surface area (Å²) in [6.45, 7) is -0.174. The highest BCUT2D eigenvalue weighted by atomic mass is 16.4. The van der Waals surface area contributed by atoms with Crippen molar-refractivity contribution in [2.75, 3.05) is 7.05 Å². The highest BCUT2D eigenvalue weighted by Crippen LogP contribution is 2.26. The third-order valence-corrected chi connectivity index (χ3v) is 2.77. The lowest BCUT2D eigenvalue weighted by molar-refractivity contribution is -0.137. The summed E-state index contributed by atoms with van der Waals surface area (Å²) < 4.78 is 1.46. The van der Waals surface area contributed by atoms with Crippen molar-refractivity contribution in [1.82, 2.24) is 9.47 Å². The zero-order valence-corrected chi connectivity index (χ0v) is 9.09. The first-order valence-electron chi connectivity index (χ1n) is 5.23. The summed E-state index contributed by atoms with van der Waals surface area (Å²) in [5, 5.41) is 8.71. The van der Waals surface area contributed by atoms with Crippen LogP contribution in [0.2, 0.25) is 0 Å². The van der Waals surface area contributed by atoms with Crippen molar-refractivity contribution in [2.24, 2.45) is 0 Å². The summed E-state index contributed by atoms with van der Waals surface area (Å²) in [5.74, 6) is -1.05. The van der Waals surface area contributed by atoms with Crippen LogP contribution in [0.3, 0.4) is 0 Å². The minimum absolute atomic E-state index is 0.103. The third-order valence-electron chi connectivity index (χ3n) is 2.77. The van der Waals surface area contributed by atoms with Crippen LogP contribution in [-0.4, -0.2) is 39.5 Å². The Balaban J connectivity index is 2.15. The van der Waals surface area contributed by atoms with Gasteiger partial charge >= 0.3 is 5.97 Å². The summed E-state index contributed by atoms with van der Waals surface area (Å²) >= 11 is 0. The number of carboxylic acids is 1. The number of carbonyl (C=O) groups is 2. The van der Waals surface area contributed by atoms with Crippen molar-refractivity contribution in [3.8, 4) is 0 Å². The number of hydrogen-bond donors (Lipinski definition) is 1. The molecule has 0 radical (unpaired) electrons. The molecule has 1 aromatic rings. The molecule has 1 N–H and O–H groups in total. The van der Waals surface area contributed by atoms with Crippen LogP contribution in [-0.2, 0) is 11.3 Å². The number of carbonyl (C=O) groups excluding carboxylic acids is 1. The van der Waals surface area contributed by atoms with Gasteiger partial charge in [-0.25, -0.2) is 0 Å². The van der Waals surface area contributed by atoms with E-state index in [1.807, 2.05) is 0 Å². The van der Waals surface area contributed by atoms with Crippen LogP contribution in [0.4, 0.5) is 0 Å². The summed E-state index contributed by atoms with van der Waals surface area (Å²) in [7, 11) is 1.76. The predicted molar refractivity (Wildman–Crippen MR) is 57.2 cm³/mol. The average Bonchev–Trinajstić information content (AvgIpc) is 2.97. The fourth-order valence-corrected chi connectivity index (χ4v) is 1.70. The van der Waals surface area contributed by atoms with Gasteiger partial charge in [0.05, 0.1) is 0 Å². The summed E-state index contributed by atoms with van der Waals surface area (Å²) in [5.41, 5.74) is 0.441. The van der Waals surface area contributed by atoms with Gasteiger partial charge in [-0.05, 0) is 25.0 Å². The molecule has 1 saturated carbocycles. The molecule has 1 fully saturated rings. The predicted octanol–water partition coefficient (Wildman–Crippen LogP) is 0.807. The first-order valence-corrected chi connectivity index (χ1v) is 5.23. The number of nitrogens with zero attached hydrogens (tertiary/aromatic N) is 2. The maximum absolute atomic E-state index is 12.0. The quantitative estimate of drug-likeness (QED) is 0.819. The molecule has 0 spiro atoms. The van der Waals surface area contributed by atoms with Crippen LogP contribution in [0.15, 0.2) is 18.3 Å². The summed E-state index contributed by atoms with van der Waals surface area (Å²) in [4.78, 5) is 24.3. The smallest absolute Gasteiger partial charge is 0.323 e. The van der Waals surface area contributed by atoms with Crippen LogP contribution in [0, 0.1) is 0 Å². The molecule has 86 valence electrons. The van der Waals surface area contributed by atoms with E-state index in [4.69, 9.17) is 5.11 Å². The number of rotatable bonds is 4. The van der Waals surface area contributed by atoms with Gasteiger partial charge in [-0.1, -0.05) is 0 Å². The normalized spacial score (nSPS) is 14.8. The Morgan fingerprint density at radius 2 is 2.25 bits per heavy atom. The van der Waals surface area contributed by atoms with Gasteiger partial charge in [0.15, 0.2) is 0 Å². The van der Waals surface area contributed by atoms with Crippen LogP contribution in [0.1, 0.15) is 23.3 Å². The fraction of sp³-hybridized carbons (Fsp3) is 0.455. The van der Waals surface area contributed by atoms with E-state index in [2.05, 4.69) is 0 Å². The molecule has 0 aromatic carbocycles. The largest absolute Gasteiger partial charge is 0.480 e. The highest BCUT2D eigenvalue weighted by molar-refractivity contribution is 5.93. The first kappa shape index (κ1) is 10.7. The Kier molecular flexibility index (Phi) is 2.68. The van der Waals surface area contributed by atoms with Gasteiger partial charge in [0.1, 0.15) is 12.2 Å². The van der Waals surface area contributed by atoms with Crippen LogP contribution >= 0.6 is 0 Å². The van der Waals surface area contributed by atoms with Gasteiger partial charge in [0.25, 0.3) is 5.91 Å². The molecule has 0 atom stereocenters. The molecule has 0 aliphatic heterocycles. The van der Waals surface area contributed by atoms with Crippen molar-refractivity contribution < 1.29 is 14.7 Å². The Labute approximate surface area is 93.3 Å². The summed E-state index contributed by atoms with van der Waals surface area (Å²) in [6, 6.07) is 3.68. The average molecular weight is 222 g/mol. The van der Waals surface area contributed by atoms with E-state index in [0.29, 0.717) is 11.7 Å². The topological polar surface area (TPSA) is 62.5 Å². The molecule has 5 nitrogen and oxygen atoms in total. The van der Waals surface area contributed by atoms with Crippen molar-refractivity contribution in [3.63, 3.8) is 0 Å². The highest BCUT2D eigenvalue weighted by Gasteiger charge is 2.31. The van der Waals surface area contributed by atoms with Gasteiger partial charge in [-0.3, -0.25) is 9.59 Å². The molecular formula is C11H14N2O3. The second-order valence-electron chi connectivity index (χ2n) is 4.06. The first-order chi connectivity index (χ1) is 7.59. The van der Waals surface area contributed by atoms with Gasteiger partial charge in [-0.15, -0.1) is 0 Å². The van der Waals surface area contributed by atoms with Crippen molar-refractivity contribution in [2.45, 2.75) is 25.4 Å². The maximum atomic E-state index is 12.0. The SMILES string of the molecule is CN(C(=O)c1cccn1CC(=O)O)C1CC1. The van der Waals surface area contributed by atoms with Crippen LogP contribution in [0.25, 0.3) is 0 Å². The number of amides is 1. The van der Waals surface area contributed by atoms with E-state index in [1.54, 1.807) is 30.3 Å². The maximum Gasteiger partial charge on any atom is 0.323 e. The van der Waals surface area contributed by atoms with Gasteiger partial charge in [-0.2, -0.15) is 0 Å². The zero-order chi connectivity index (χ0) is 11.7. The number of hydrogen-bond acceptors (Lipinski definition) is 2. The van der Waals surface area contributed by atoms with E-state index >= 15 is 0 Å². The monoisotopic (exact) mass is 222 g/mol. The lowest BCUT2D eigenvalue weighted by Gasteiger charge is -2.17. The molecule has 1 aliphatic rings. The van der Waals surface area contributed by atoms with Crippen molar-refractivity contribution >= 4 is 11.9 Å². The number of aromatic nitrogens is 1. The molecule has 5 heteroatoms. The van der Waals surface area contributed by atoms with Crippen LogP contribution < -0.4 is 0 Å². The Hall–Kier alpha value is -1.78. The fourth-order valence-electron chi connectivity index (χ4n) is 1.70. The lowest BCUT2D eigenvalue weighted by atomic mass is 10.3. The molecule has 0 saturated heterocycles. The zero-order valence-electron chi connectivity index (χ0n) is 9.09. The van der Waals surface area contributed by atoms with Gasteiger partial charge in [0, 0.05) is 19.3 Å². The molecule has 0 bridgehead atoms. The number of aliphatic carboxylic acids is 1. The van der Waals surface area contributed by atoms with E-state index in [9.17, 15) is 9.59 Å². The second kappa shape index (κ2) is 4.00. The second-order valence-corrected chi connectivity index (χ2v) is 4.06. The Bertz CT molecular complexity index is 421. The Morgan fingerprint density at radius 3 is 2.81 bits per heavy atom. The summed E-state index contributed by atoms with van der Waals surface area (Å²) in [6.07, 6.45) is 3.70. The molecule has 0 unspecified atom stereocenters. The van der Waals surface area contributed by atoms with Gasteiger partial charge in [0.2, 0.25) is 0 Å². The third kappa shape index (κ3) is 2.08. The minimum atomic E-state index is -0.945. The molecular weight excluding hydrogens is 208 g/mol. The molecule has 16 heavy (non-hydrogen) atoms. The minimum Gasteiger partial charge on any atom is -0.480 e.